The summed E-state index contributed by atoms with van der Waals surface area (Å²) < 4.78 is 0. The molecule has 0 atom stereocenters. The van der Waals surface area contributed by atoms with E-state index in [1.807, 2.05) is 36.7 Å². The first-order valence-electron chi connectivity index (χ1n) is 9.24. The maximum absolute atomic E-state index is 5.79. The Kier molecular flexibility index (Phi) is 3.87. The van der Waals surface area contributed by atoms with E-state index in [-0.39, 0.29) is 0 Å². The number of nitrogen functional groups attached to an aromatic ring is 1. The highest BCUT2D eigenvalue weighted by Crippen LogP contribution is 2.24. The summed E-state index contributed by atoms with van der Waals surface area (Å²) in [5.41, 5.74) is 12.5. The fourth-order valence-electron chi connectivity index (χ4n) is 3.79. The first kappa shape index (κ1) is 16.0. The standard InChI is InChI=1S/C22H21N5/c23-19-6-4-16(5-7-19)22-25-12-17-9-11-27(14-20(17)26-22)13-18-3-1-2-15-8-10-24-21(15)18/h1-8,10,12,24H,9,11,13-14,23H2. The van der Waals surface area contributed by atoms with Crippen LogP contribution < -0.4 is 5.73 Å². The van der Waals surface area contributed by atoms with Gasteiger partial charge in [-0.2, -0.15) is 0 Å². The average Bonchev–Trinajstić information content (AvgIpc) is 3.18. The van der Waals surface area contributed by atoms with Gasteiger partial charge in [0.25, 0.3) is 0 Å². The van der Waals surface area contributed by atoms with Crippen molar-refractivity contribution in [2.45, 2.75) is 19.5 Å². The third kappa shape index (κ3) is 3.06. The van der Waals surface area contributed by atoms with Crippen molar-refractivity contribution in [3.05, 3.63) is 77.7 Å². The first-order chi connectivity index (χ1) is 13.3. The molecule has 5 heteroatoms. The highest BCUT2D eigenvalue weighted by Gasteiger charge is 2.19. The van der Waals surface area contributed by atoms with Crippen LogP contribution in [0, 0.1) is 0 Å². The van der Waals surface area contributed by atoms with Crippen LogP contribution in [0.2, 0.25) is 0 Å². The summed E-state index contributed by atoms with van der Waals surface area (Å²) in [7, 11) is 0. The Bertz CT molecular complexity index is 1100. The Morgan fingerprint density at radius 2 is 1.96 bits per heavy atom. The van der Waals surface area contributed by atoms with E-state index in [4.69, 9.17) is 10.7 Å². The van der Waals surface area contributed by atoms with Crippen LogP contribution in [0.4, 0.5) is 5.69 Å². The largest absolute Gasteiger partial charge is 0.399 e. The predicted octanol–water partition coefficient (Wildman–Crippen LogP) is 3.77. The molecule has 0 amide bonds. The molecule has 4 aromatic rings. The fraction of sp³-hybridized carbons (Fsp3) is 0.182. The van der Waals surface area contributed by atoms with Gasteiger partial charge >= 0.3 is 0 Å². The van der Waals surface area contributed by atoms with E-state index in [0.717, 1.165) is 48.8 Å². The van der Waals surface area contributed by atoms with Crippen molar-refractivity contribution >= 4 is 16.6 Å². The summed E-state index contributed by atoms with van der Waals surface area (Å²) in [6.07, 6.45) is 4.97. The van der Waals surface area contributed by atoms with Crippen LogP contribution in [0.1, 0.15) is 16.8 Å². The molecule has 5 nitrogen and oxygen atoms in total. The van der Waals surface area contributed by atoms with Crippen LogP contribution in [-0.4, -0.2) is 26.4 Å². The molecule has 0 saturated carbocycles. The number of nitrogens with zero attached hydrogens (tertiary/aromatic N) is 3. The molecule has 5 rings (SSSR count). The molecule has 3 N–H and O–H groups in total. The number of rotatable bonds is 3. The lowest BCUT2D eigenvalue weighted by molar-refractivity contribution is 0.242. The molecule has 0 saturated heterocycles. The summed E-state index contributed by atoms with van der Waals surface area (Å²) >= 11 is 0. The van der Waals surface area contributed by atoms with E-state index in [1.165, 1.54) is 22.0 Å². The molecular formula is C22H21N5. The third-order valence-corrected chi connectivity index (χ3v) is 5.26. The summed E-state index contributed by atoms with van der Waals surface area (Å²) in [4.78, 5) is 15.2. The number of anilines is 1. The number of nitrogens with two attached hydrogens (primary N) is 1. The molecule has 134 valence electrons. The molecule has 1 aliphatic rings. The van der Waals surface area contributed by atoms with Crippen molar-refractivity contribution in [1.29, 1.82) is 0 Å². The quantitative estimate of drug-likeness (QED) is 0.549. The van der Waals surface area contributed by atoms with Crippen LogP contribution in [0.15, 0.2) is 60.9 Å². The maximum atomic E-state index is 5.79. The Morgan fingerprint density at radius 1 is 1.07 bits per heavy atom. The van der Waals surface area contributed by atoms with Gasteiger partial charge in [-0.1, -0.05) is 18.2 Å². The number of para-hydroxylation sites is 1. The summed E-state index contributed by atoms with van der Waals surface area (Å²) in [6, 6.07) is 16.3. The molecule has 27 heavy (non-hydrogen) atoms. The summed E-state index contributed by atoms with van der Waals surface area (Å²) in [5.74, 6) is 0.766. The predicted molar refractivity (Wildman–Crippen MR) is 108 cm³/mol. The number of nitrogens with one attached hydrogen (secondary N) is 1. The second kappa shape index (κ2) is 6.52. The number of hydrogen-bond acceptors (Lipinski definition) is 4. The van der Waals surface area contributed by atoms with Gasteiger partial charge in [0.2, 0.25) is 0 Å². The Hall–Kier alpha value is -3.18. The number of hydrogen-bond donors (Lipinski definition) is 2. The van der Waals surface area contributed by atoms with Crippen LogP contribution in [-0.2, 0) is 19.5 Å². The van der Waals surface area contributed by atoms with Gasteiger partial charge in [-0.05, 0) is 53.3 Å². The van der Waals surface area contributed by atoms with Crippen LogP contribution in [0.25, 0.3) is 22.3 Å². The number of benzene rings is 2. The van der Waals surface area contributed by atoms with Crippen molar-refractivity contribution in [2.24, 2.45) is 0 Å². The molecule has 2 aromatic carbocycles. The van der Waals surface area contributed by atoms with Gasteiger partial charge in [0.15, 0.2) is 5.82 Å². The van der Waals surface area contributed by atoms with Crippen molar-refractivity contribution in [3.63, 3.8) is 0 Å². The SMILES string of the molecule is Nc1ccc(-c2ncc3c(n2)CN(Cc2cccc4cc[nH]c24)CC3)cc1. The van der Waals surface area contributed by atoms with Crippen molar-refractivity contribution in [3.8, 4) is 11.4 Å². The summed E-state index contributed by atoms with van der Waals surface area (Å²) in [5, 5.41) is 1.26. The first-order valence-corrected chi connectivity index (χ1v) is 9.24. The molecule has 0 radical (unpaired) electrons. The van der Waals surface area contributed by atoms with E-state index in [9.17, 15) is 0 Å². The normalized spacial score (nSPS) is 14.4. The minimum Gasteiger partial charge on any atom is -0.399 e. The molecule has 1 aliphatic heterocycles. The highest BCUT2D eigenvalue weighted by atomic mass is 15.1. The third-order valence-electron chi connectivity index (χ3n) is 5.26. The lowest BCUT2D eigenvalue weighted by atomic mass is 10.0. The molecule has 2 aromatic heterocycles. The zero-order chi connectivity index (χ0) is 18.2. The van der Waals surface area contributed by atoms with E-state index < -0.39 is 0 Å². The minimum absolute atomic E-state index is 0.751. The lowest BCUT2D eigenvalue weighted by Crippen LogP contribution is -2.31. The van der Waals surface area contributed by atoms with E-state index in [1.54, 1.807) is 0 Å². The molecule has 0 spiro atoms. The van der Waals surface area contributed by atoms with Gasteiger partial charge in [0, 0.05) is 48.8 Å². The minimum atomic E-state index is 0.751. The zero-order valence-electron chi connectivity index (χ0n) is 15.0. The molecular weight excluding hydrogens is 334 g/mol. The monoisotopic (exact) mass is 355 g/mol. The van der Waals surface area contributed by atoms with E-state index in [2.05, 4.69) is 39.1 Å². The van der Waals surface area contributed by atoms with Crippen LogP contribution >= 0.6 is 0 Å². The van der Waals surface area contributed by atoms with Gasteiger partial charge in [-0.25, -0.2) is 9.97 Å². The number of aromatic nitrogens is 3. The highest BCUT2D eigenvalue weighted by molar-refractivity contribution is 5.82. The van der Waals surface area contributed by atoms with E-state index >= 15 is 0 Å². The maximum Gasteiger partial charge on any atom is 0.159 e. The second-order valence-corrected chi connectivity index (χ2v) is 7.11. The number of fused-ring (bicyclic) bond motifs is 2. The Labute approximate surface area is 157 Å². The fourth-order valence-corrected chi connectivity index (χ4v) is 3.79. The molecule has 0 aliphatic carbocycles. The van der Waals surface area contributed by atoms with Gasteiger partial charge in [-0.3, -0.25) is 4.90 Å². The second-order valence-electron chi connectivity index (χ2n) is 7.11. The average molecular weight is 355 g/mol. The molecule has 0 fully saturated rings. The van der Waals surface area contributed by atoms with Crippen molar-refractivity contribution in [1.82, 2.24) is 19.9 Å². The smallest absolute Gasteiger partial charge is 0.159 e. The Balaban J connectivity index is 1.41. The van der Waals surface area contributed by atoms with Crippen LogP contribution in [0.3, 0.4) is 0 Å². The van der Waals surface area contributed by atoms with E-state index in [0.29, 0.717) is 0 Å². The topological polar surface area (TPSA) is 70.8 Å². The number of aromatic amines is 1. The van der Waals surface area contributed by atoms with Crippen molar-refractivity contribution in [2.75, 3.05) is 12.3 Å². The van der Waals surface area contributed by atoms with Gasteiger partial charge < -0.3 is 10.7 Å². The Morgan fingerprint density at radius 3 is 2.85 bits per heavy atom. The lowest BCUT2D eigenvalue weighted by Gasteiger charge is -2.28. The van der Waals surface area contributed by atoms with Gasteiger partial charge in [0.05, 0.1) is 5.69 Å². The van der Waals surface area contributed by atoms with Crippen LogP contribution in [0.5, 0.6) is 0 Å². The molecule has 0 unspecified atom stereocenters. The zero-order valence-corrected chi connectivity index (χ0v) is 15.0. The molecule has 0 bridgehead atoms. The van der Waals surface area contributed by atoms with Gasteiger partial charge in [-0.15, -0.1) is 0 Å². The summed E-state index contributed by atoms with van der Waals surface area (Å²) in [6.45, 7) is 2.78. The van der Waals surface area contributed by atoms with Gasteiger partial charge in [0.1, 0.15) is 0 Å². The molecule has 3 heterocycles. The van der Waals surface area contributed by atoms with Crippen molar-refractivity contribution < 1.29 is 0 Å². The number of H-pyrrole nitrogens is 1.